The molecular formula is C13H17NO5. The summed E-state index contributed by atoms with van der Waals surface area (Å²) in [5.74, 6) is -1.38. The van der Waals surface area contributed by atoms with Crippen LogP contribution in [-0.4, -0.2) is 41.8 Å². The van der Waals surface area contributed by atoms with E-state index in [0.29, 0.717) is 11.4 Å². The second-order valence-corrected chi connectivity index (χ2v) is 4.05. The van der Waals surface area contributed by atoms with E-state index in [1.807, 2.05) is 0 Å². The molecule has 0 aliphatic heterocycles. The fourth-order valence-electron chi connectivity index (χ4n) is 1.68. The Kier molecular flexibility index (Phi) is 5.17. The summed E-state index contributed by atoms with van der Waals surface area (Å²) in [5, 5.41) is 17.8. The van der Waals surface area contributed by atoms with Crippen LogP contribution in [0.5, 0.6) is 5.75 Å². The fraction of sp³-hybridized carbons (Fsp3) is 0.385. The number of aliphatic carboxylic acids is 2. The highest BCUT2D eigenvalue weighted by molar-refractivity contribution is 5.78. The molecule has 0 aliphatic carbocycles. The normalized spacial score (nSPS) is 11.7. The van der Waals surface area contributed by atoms with Crippen LogP contribution in [0.15, 0.2) is 24.3 Å². The predicted molar refractivity (Wildman–Crippen MR) is 69.7 cm³/mol. The maximum Gasteiger partial charge on any atom is 0.326 e. The first-order valence-corrected chi connectivity index (χ1v) is 5.81. The second kappa shape index (κ2) is 6.63. The summed E-state index contributed by atoms with van der Waals surface area (Å²) in [6, 6.07) is 6.07. The number of nitrogens with zero attached hydrogens (tertiary/aromatic N) is 1. The summed E-state index contributed by atoms with van der Waals surface area (Å²) >= 11 is 0. The molecule has 0 heterocycles. The molecule has 1 rings (SSSR count). The number of benzene rings is 1. The third-order valence-corrected chi connectivity index (χ3v) is 2.78. The lowest BCUT2D eigenvalue weighted by molar-refractivity contribution is -0.139. The topological polar surface area (TPSA) is 87.1 Å². The molecule has 1 aromatic carbocycles. The molecule has 19 heavy (non-hydrogen) atoms. The van der Waals surface area contributed by atoms with E-state index in [4.69, 9.17) is 14.9 Å². The first-order chi connectivity index (χ1) is 8.95. The van der Waals surface area contributed by atoms with Crippen LogP contribution >= 0.6 is 0 Å². The van der Waals surface area contributed by atoms with Gasteiger partial charge in [0.1, 0.15) is 11.8 Å². The van der Waals surface area contributed by atoms with Gasteiger partial charge in [0, 0.05) is 18.3 Å². The Morgan fingerprint density at radius 3 is 2.58 bits per heavy atom. The molecule has 0 bridgehead atoms. The van der Waals surface area contributed by atoms with Crippen molar-refractivity contribution in [3.05, 3.63) is 24.3 Å². The molecule has 0 amide bonds. The van der Waals surface area contributed by atoms with Gasteiger partial charge in [-0.15, -0.1) is 0 Å². The summed E-state index contributed by atoms with van der Waals surface area (Å²) in [6.45, 7) is 1.64. The summed E-state index contributed by atoms with van der Waals surface area (Å²) in [7, 11) is 1.52. The highest BCUT2D eigenvalue weighted by Crippen LogP contribution is 2.23. The van der Waals surface area contributed by atoms with E-state index in [1.165, 1.54) is 18.9 Å². The van der Waals surface area contributed by atoms with Crippen molar-refractivity contribution in [2.24, 2.45) is 0 Å². The molecule has 0 aliphatic rings. The number of carboxylic acid groups (broad SMARTS) is 2. The number of hydrogen-bond donors (Lipinski definition) is 2. The van der Waals surface area contributed by atoms with Crippen LogP contribution in [0.2, 0.25) is 0 Å². The van der Waals surface area contributed by atoms with Crippen molar-refractivity contribution in [3.8, 4) is 5.75 Å². The largest absolute Gasteiger partial charge is 0.497 e. The van der Waals surface area contributed by atoms with Crippen molar-refractivity contribution >= 4 is 17.6 Å². The van der Waals surface area contributed by atoms with Crippen LogP contribution in [0.1, 0.15) is 13.3 Å². The van der Waals surface area contributed by atoms with E-state index in [9.17, 15) is 9.59 Å². The first-order valence-electron chi connectivity index (χ1n) is 5.81. The van der Waals surface area contributed by atoms with Crippen molar-refractivity contribution in [3.63, 3.8) is 0 Å². The van der Waals surface area contributed by atoms with E-state index < -0.39 is 18.0 Å². The molecule has 0 spiro atoms. The van der Waals surface area contributed by atoms with Gasteiger partial charge < -0.3 is 19.8 Å². The first kappa shape index (κ1) is 14.8. The van der Waals surface area contributed by atoms with Gasteiger partial charge in [-0.25, -0.2) is 4.79 Å². The predicted octanol–water partition coefficient (Wildman–Crippen LogP) is 1.45. The minimum Gasteiger partial charge on any atom is -0.497 e. The molecule has 0 saturated heterocycles. The van der Waals surface area contributed by atoms with Crippen molar-refractivity contribution in [2.75, 3.05) is 18.6 Å². The number of rotatable bonds is 7. The SMILES string of the molecule is COc1cccc(N(CCC(=O)O)C(C)C(=O)O)c1. The van der Waals surface area contributed by atoms with Gasteiger partial charge >= 0.3 is 11.9 Å². The molecule has 2 N–H and O–H groups in total. The maximum absolute atomic E-state index is 11.1. The number of carboxylic acids is 2. The number of anilines is 1. The molecule has 104 valence electrons. The third kappa shape index (κ3) is 4.17. The van der Waals surface area contributed by atoms with Crippen LogP contribution in [0.25, 0.3) is 0 Å². The van der Waals surface area contributed by atoms with Gasteiger partial charge in [-0.1, -0.05) is 6.07 Å². The average Bonchev–Trinajstić information content (AvgIpc) is 2.38. The minimum absolute atomic E-state index is 0.121. The molecular weight excluding hydrogens is 250 g/mol. The lowest BCUT2D eigenvalue weighted by Crippen LogP contribution is -2.40. The van der Waals surface area contributed by atoms with E-state index in [-0.39, 0.29) is 13.0 Å². The molecule has 6 nitrogen and oxygen atoms in total. The van der Waals surface area contributed by atoms with Crippen LogP contribution in [0, 0.1) is 0 Å². The van der Waals surface area contributed by atoms with Crippen LogP contribution in [0.3, 0.4) is 0 Å². The van der Waals surface area contributed by atoms with Gasteiger partial charge in [-0.2, -0.15) is 0 Å². The zero-order chi connectivity index (χ0) is 14.4. The van der Waals surface area contributed by atoms with Crippen molar-refractivity contribution in [1.82, 2.24) is 0 Å². The quantitative estimate of drug-likeness (QED) is 0.777. The Balaban J connectivity index is 2.99. The van der Waals surface area contributed by atoms with Crippen molar-refractivity contribution in [2.45, 2.75) is 19.4 Å². The Morgan fingerprint density at radius 1 is 1.37 bits per heavy atom. The maximum atomic E-state index is 11.1. The summed E-state index contributed by atoms with van der Waals surface area (Å²) < 4.78 is 5.08. The van der Waals surface area contributed by atoms with Gasteiger partial charge in [0.2, 0.25) is 0 Å². The van der Waals surface area contributed by atoms with Gasteiger partial charge in [-0.05, 0) is 19.1 Å². The molecule has 1 unspecified atom stereocenters. The van der Waals surface area contributed by atoms with Crippen LogP contribution < -0.4 is 9.64 Å². The lowest BCUT2D eigenvalue weighted by atomic mass is 10.2. The summed E-state index contributed by atoms with van der Waals surface area (Å²) in [4.78, 5) is 23.3. The van der Waals surface area contributed by atoms with Gasteiger partial charge in [0.05, 0.1) is 13.5 Å². The molecule has 6 heteroatoms. The molecule has 1 atom stereocenters. The average molecular weight is 267 g/mol. The summed E-state index contributed by atoms with van der Waals surface area (Å²) in [6.07, 6.45) is -0.130. The highest BCUT2D eigenvalue weighted by Gasteiger charge is 2.21. The van der Waals surface area contributed by atoms with Crippen molar-refractivity contribution in [1.29, 1.82) is 0 Å². The Bertz CT molecular complexity index is 460. The highest BCUT2D eigenvalue weighted by atomic mass is 16.5. The molecule has 0 fully saturated rings. The number of ether oxygens (including phenoxy) is 1. The van der Waals surface area contributed by atoms with Crippen molar-refractivity contribution < 1.29 is 24.5 Å². The molecule has 0 aromatic heterocycles. The zero-order valence-electron chi connectivity index (χ0n) is 10.9. The summed E-state index contributed by atoms with van der Waals surface area (Å²) in [5.41, 5.74) is 0.621. The minimum atomic E-state index is -1.01. The van der Waals surface area contributed by atoms with E-state index in [1.54, 1.807) is 24.3 Å². The molecule has 0 saturated carbocycles. The van der Waals surface area contributed by atoms with Crippen LogP contribution in [0.4, 0.5) is 5.69 Å². The van der Waals surface area contributed by atoms with Crippen LogP contribution in [-0.2, 0) is 9.59 Å². The van der Waals surface area contributed by atoms with Gasteiger partial charge in [0.15, 0.2) is 0 Å². The number of methoxy groups -OCH3 is 1. The smallest absolute Gasteiger partial charge is 0.326 e. The van der Waals surface area contributed by atoms with E-state index in [0.717, 1.165) is 0 Å². The van der Waals surface area contributed by atoms with E-state index in [2.05, 4.69) is 0 Å². The monoisotopic (exact) mass is 267 g/mol. The standard InChI is InChI=1S/C13H17NO5/c1-9(13(17)18)14(7-6-12(15)16)10-4-3-5-11(8-10)19-2/h3-5,8-9H,6-7H2,1-2H3,(H,15,16)(H,17,18). The molecule has 1 aromatic rings. The Morgan fingerprint density at radius 2 is 2.05 bits per heavy atom. The van der Waals surface area contributed by atoms with Gasteiger partial charge in [0.25, 0.3) is 0 Å². The second-order valence-electron chi connectivity index (χ2n) is 4.05. The molecule has 0 radical (unpaired) electrons. The Hall–Kier alpha value is -2.24. The number of carbonyl (C=O) groups is 2. The Labute approximate surface area is 111 Å². The fourth-order valence-corrected chi connectivity index (χ4v) is 1.68. The van der Waals surface area contributed by atoms with Gasteiger partial charge in [-0.3, -0.25) is 4.79 Å². The zero-order valence-corrected chi connectivity index (χ0v) is 10.9. The lowest BCUT2D eigenvalue weighted by Gasteiger charge is -2.28. The number of hydrogen-bond acceptors (Lipinski definition) is 4. The third-order valence-electron chi connectivity index (χ3n) is 2.78. The van der Waals surface area contributed by atoms with E-state index >= 15 is 0 Å².